The fourth-order valence-electron chi connectivity index (χ4n) is 2.09. The van der Waals surface area contributed by atoms with Crippen LogP contribution in [0.1, 0.15) is 37.7 Å². The molecule has 1 aliphatic rings. The van der Waals surface area contributed by atoms with E-state index in [-0.39, 0.29) is 11.8 Å². The molecule has 1 aliphatic carbocycles. The van der Waals surface area contributed by atoms with Crippen molar-refractivity contribution in [2.75, 3.05) is 25.5 Å². The third-order valence-electron chi connectivity index (χ3n) is 3.62. The number of rotatable bonds is 8. The van der Waals surface area contributed by atoms with Crippen LogP contribution in [-0.2, 0) is 9.53 Å². The number of benzene rings is 1. The molecule has 1 atom stereocenters. The molecule has 3 N–H and O–H groups in total. The van der Waals surface area contributed by atoms with E-state index < -0.39 is 0 Å². The van der Waals surface area contributed by atoms with Crippen LogP contribution < -0.4 is 11.1 Å². The molecule has 1 unspecified atom stereocenters. The third kappa shape index (κ3) is 5.21. The normalized spacial score (nSPS) is 15.8. The molecule has 0 aliphatic heterocycles. The van der Waals surface area contributed by atoms with Gasteiger partial charge in [-0.1, -0.05) is 19.1 Å². The van der Waals surface area contributed by atoms with Gasteiger partial charge in [0, 0.05) is 25.3 Å². The smallest absolute Gasteiger partial charge is 0.220 e. The van der Waals surface area contributed by atoms with Crippen molar-refractivity contribution < 1.29 is 9.53 Å². The molecule has 1 fully saturated rings. The molecule has 0 bridgehead atoms. The Labute approximate surface area is 120 Å². The fourth-order valence-corrected chi connectivity index (χ4v) is 2.09. The van der Waals surface area contributed by atoms with Crippen molar-refractivity contribution in [2.45, 2.75) is 32.1 Å². The molecule has 4 heteroatoms. The molecule has 1 saturated carbocycles. The molecule has 0 heterocycles. The number of hydrogen-bond acceptors (Lipinski definition) is 3. The van der Waals surface area contributed by atoms with Crippen LogP contribution in [0.15, 0.2) is 24.3 Å². The number of anilines is 1. The van der Waals surface area contributed by atoms with E-state index in [0.717, 1.165) is 23.8 Å². The van der Waals surface area contributed by atoms with E-state index in [0.29, 0.717) is 19.6 Å². The Bertz CT molecular complexity index is 427. The minimum Gasteiger partial charge on any atom is -0.399 e. The zero-order valence-corrected chi connectivity index (χ0v) is 12.1. The van der Waals surface area contributed by atoms with E-state index in [1.165, 1.54) is 12.8 Å². The van der Waals surface area contributed by atoms with E-state index in [1.54, 1.807) is 0 Å². The Balaban J connectivity index is 1.61. The summed E-state index contributed by atoms with van der Waals surface area (Å²) >= 11 is 0. The van der Waals surface area contributed by atoms with Gasteiger partial charge in [-0.2, -0.15) is 0 Å². The Morgan fingerprint density at radius 1 is 1.40 bits per heavy atom. The second-order valence-corrected chi connectivity index (χ2v) is 5.64. The van der Waals surface area contributed by atoms with Gasteiger partial charge in [0.25, 0.3) is 0 Å². The van der Waals surface area contributed by atoms with E-state index >= 15 is 0 Å². The lowest BCUT2D eigenvalue weighted by Crippen LogP contribution is -2.28. The van der Waals surface area contributed by atoms with Gasteiger partial charge in [0.2, 0.25) is 5.91 Å². The fraction of sp³-hybridized carbons (Fsp3) is 0.562. The first-order chi connectivity index (χ1) is 9.65. The van der Waals surface area contributed by atoms with Crippen molar-refractivity contribution in [2.24, 2.45) is 5.92 Å². The summed E-state index contributed by atoms with van der Waals surface area (Å²) in [6.07, 6.45) is 3.09. The molecular formula is C16H24N2O2. The third-order valence-corrected chi connectivity index (χ3v) is 3.62. The number of carbonyl (C=O) groups excluding carboxylic acids is 1. The quantitative estimate of drug-likeness (QED) is 0.565. The van der Waals surface area contributed by atoms with Gasteiger partial charge in [0.1, 0.15) is 0 Å². The van der Waals surface area contributed by atoms with Gasteiger partial charge in [-0.05, 0) is 42.4 Å². The predicted octanol–water partition coefficient (Wildman–Crippen LogP) is 2.31. The van der Waals surface area contributed by atoms with Crippen molar-refractivity contribution in [3.63, 3.8) is 0 Å². The maximum atomic E-state index is 11.8. The van der Waals surface area contributed by atoms with E-state index in [2.05, 4.69) is 12.2 Å². The minimum absolute atomic E-state index is 0.0735. The molecule has 0 saturated heterocycles. The first-order valence-electron chi connectivity index (χ1n) is 7.35. The second kappa shape index (κ2) is 7.29. The van der Waals surface area contributed by atoms with Crippen molar-refractivity contribution in [1.29, 1.82) is 0 Å². The number of amides is 1. The number of ether oxygens (including phenoxy) is 1. The van der Waals surface area contributed by atoms with Crippen LogP contribution >= 0.6 is 0 Å². The summed E-state index contributed by atoms with van der Waals surface area (Å²) in [6.45, 7) is 4.10. The summed E-state index contributed by atoms with van der Waals surface area (Å²) in [4.78, 5) is 11.8. The summed E-state index contributed by atoms with van der Waals surface area (Å²) in [5, 5.41) is 2.90. The highest BCUT2D eigenvalue weighted by atomic mass is 16.5. The second-order valence-electron chi connectivity index (χ2n) is 5.64. The van der Waals surface area contributed by atoms with Gasteiger partial charge in [-0.25, -0.2) is 0 Å². The van der Waals surface area contributed by atoms with Gasteiger partial charge < -0.3 is 15.8 Å². The van der Waals surface area contributed by atoms with Crippen LogP contribution in [0.3, 0.4) is 0 Å². The lowest BCUT2D eigenvalue weighted by molar-refractivity contribution is -0.121. The first kappa shape index (κ1) is 14.9. The van der Waals surface area contributed by atoms with Gasteiger partial charge in [-0.3, -0.25) is 4.79 Å². The number of carbonyl (C=O) groups is 1. The monoisotopic (exact) mass is 276 g/mol. The number of nitrogens with one attached hydrogen (secondary N) is 1. The van der Waals surface area contributed by atoms with Crippen molar-refractivity contribution in [3.05, 3.63) is 29.8 Å². The molecule has 0 spiro atoms. The molecule has 0 radical (unpaired) electrons. The minimum atomic E-state index is 0.0735. The summed E-state index contributed by atoms with van der Waals surface area (Å²) in [5.41, 5.74) is 7.54. The molecule has 4 nitrogen and oxygen atoms in total. The highest BCUT2D eigenvalue weighted by Gasteiger charge is 2.20. The zero-order chi connectivity index (χ0) is 14.4. The molecule has 2 rings (SSSR count). The maximum Gasteiger partial charge on any atom is 0.220 e. The molecular weight excluding hydrogens is 252 g/mol. The topological polar surface area (TPSA) is 64.3 Å². The maximum absolute atomic E-state index is 11.8. The summed E-state index contributed by atoms with van der Waals surface area (Å²) in [5.74, 6) is 1.04. The molecule has 110 valence electrons. The average molecular weight is 276 g/mol. The highest BCUT2D eigenvalue weighted by molar-refractivity contribution is 5.76. The van der Waals surface area contributed by atoms with Crippen LogP contribution in [-0.4, -0.2) is 25.7 Å². The average Bonchev–Trinajstić information content (AvgIpc) is 3.23. The van der Waals surface area contributed by atoms with Crippen molar-refractivity contribution in [1.82, 2.24) is 5.32 Å². The van der Waals surface area contributed by atoms with Crippen LogP contribution in [0, 0.1) is 5.92 Å². The van der Waals surface area contributed by atoms with E-state index in [9.17, 15) is 4.79 Å². The first-order valence-corrected chi connectivity index (χ1v) is 7.35. The van der Waals surface area contributed by atoms with Crippen LogP contribution in [0.25, 0.3) is 0 Å². The van der Waals surface area contributed by atoms with E-state index in [1.807, 2.05) is 24.3 Å². The summed E-state index contributed by atoms with van der Waals surface area (Å²) in [6, 6.07) is 7.70. The van der Waals surface area contributed by atoms with Crippen molar-refractivity contribution in [3.8, 4) is 0 Å². The summed E-state index contributed by atoms with van der Waals surface area (Å²) in [7, 11) is 0. The van der Waals surface area contributed by atoms with Gasteiger partial charge >= 0.3 is 0 Å². The molecule has 0 aromatic heterocycles. The Morgan fingerprint density at radius 3 is 2.75 bits per heavy atom. The molecule has 20 heavy (non-hydrogen) atoms. The Hall–Kier alpha value is -1.55. The van der Waals surface area contributed by atoms with E-state index in [4.69, 9.17) is 10.5 Å². The highest BCUT2D eigenvalue weighted by Crippen LogP contribution is 2.28. The number of nitrogen functional groups attached to an aromatic ring is 1. The SMILES string of the molecule is CC(CC(=O)NCCOCC1CC1)c1ccc(N)cc1. The number of nitrogens with two attached hydrogens (primary N) is 1. The van der Waals surface area contributed by atoms with Crippen LogP contribution in [0.4, 0.5) is 5.69 Å². The van der Waals surface area contributed by atoms with Crippen LogP contribution in [0.2, 0.25) is 0 Å². The van der Waals surface area contributed by atoms with Crippen molar-refractivity contribution >= 4 is 11.6 Å². The number of hydrogen-bond donors (Lipinski definition) is 2. The lowest BCUT2D eigenvalue weighted by atomic mass is 9.97. The van der Waals surface area contributed by atoms with Gasteiger partial charge in [-0.15, -0.1) is 0 Å². The largest absolute Gasteiger partial charge is 0.399 e. The predicted molar refractivity (Wildman–Crippen MR) is 80.4 cm³/mol. The standard InChI is InChI=1S/C16H24N2O2/c1-12(14-4-6-15(17)7-5-14)10-16(19)18-8-9-20-11-13-2-3-13/h4-7,12-13H,2-3,8-11,17H2,1H3,(H,18,19). The van der Waals surface area contributed by atoms with Gasteiger partial charge in [0.05, 0.1) is 6.61 Å². The Kier molecular flexibility index (Phi) is 5.41. The van der Waals surface area contributed by atoms with Crippen LogP contribution in [0.5, 0.6) is 0 Å². The lowest BCUT2D eigenvalue weighted by Gasteiger charge is -2.12. The Morgan fingerprint density at radius 2 is 2.10 bits per heavy atom. The molecule has 1 amide bonds. The zero-order valence-electron chi connectivity index (χ0n) is 12.1. The molecule has 1 aromatic carbocycles. The van der Waals surface area contributed by atoms with Gasteiger partial charge in [0.15, 0.2) is 0 Å². The summed E-state index contributed by atoms with van der Waals surface area (Å²) < 4.78 is 5.48. The molecule has 1 aromatic rings.